The van der Waals surface area contributed by atoms with E-state index in [4.69, 9.17) is 9.47 Å². The molecule has 1 aromatic carbocycles. The molecule has 2 N–H and O–H groups in total. The molecule has 0 fully saturated rings. The fourth-order valence-electron chi connectivity index (χ4n) is 1.98. The lowest BCUT2D eigenvalue weighted by Gasteiger charge is -2.19. The van der Waals surface area contributed by atoms with Gasteiger partial charge >= 0.3 is 6.18 Å². The Balaban J connectivity index is 2.19. The number of ether oxygens (including phenoxy) is 2. The van der Waals surface area contributed by atoms with Crippen LogP contribution in [0.15, 0.2) is 29.3 Å². The number of hydrogen-bond acceptors (Lipinski definition) is 4. The van der Waals surface area contributed by atoms with Gasteiger partial charge in [-0.25, -0.2) is 0 Å². The van der Waals surface area contributed by atoms with Crippen LogP contribution < -0.4 is 20.1 Å². The van der Waals surface area contributed by atoms with E-state index in [0.29, 0.717) is 25.7 Å². The summed E-state index contributed by atoms with van der Waals surface area (Å²) in [7, 11) is 4.62. The van der Waals surface area contributed by atoms with Gasteiger partial charge in [-0.2, -0.15) is 13.2 Å². The Bertz CT molecular complexity index is 521. The van der Waals surface area contributed by atoms with Gasteiger partial charge in [0.25, 0.3) is 0 Å². The summed E-state index contributed by atoms with van der Waals surface area (Å²) >= 11 is 0. The van der Waals surface area contributed by atoms with Crippen LogP contribution in [0.1, 0.15) is 0 Å². The van der Waals surface area contributed by atoms with Crippen LogP contribution in [0.25, 0.3) is 0 Å². The Hall–Kier alpha value is -2.16. The number of aliphatic imine (C=N–C) groups is 1. The van der Waals surface area contributed by atoms with Crippen molar-refractivity contribution >= 4 is 5.96 Å². The maximum atomic E-state index is 12.2. The van der Waals surface area contributed by atoms with Gasteiger partial charge in [-0.05, 0) is 31.3 Å². The Morgan fingerprint density at radius 3 is 2.28 bits per heavy atom. The lowest BCUT2D eigenvalue weighted by molar-refractivity contribution is -0.142. The standard InChI is InChI=1S/C16H25F3N4O2/c1-20-15(21-8-10-23(2)12-16(17,18)19)22-9-11-25-14-6-4-13(24-3)5-7-14/h4-7H,8-12H2,1-3H3,(H2,20,21,22). The highest BCUT2D eigenvalue weighted by Gasteiger charge is 2.28. The molecule has 1 aromatic rings. The minimum absolute atomic E-state index is 0.253. The minimum Gasteiger partial charge on any atom is -0.497 e. The fourth-order valence-corrected chi connectivity index (χ4v) is 1.98. The zero-order valence-electron chi connectivity index (χ0n) is 14.7. The minimum atomic E-state index is -4.19. The lowest BCUT2D eigenvalue weighted by Crippen LogP contribution is -2.43. The van der Waals surface area contributed by atoms with E-state index in [0.717, 1.165) is 11.5 Å². The molecule has 0 saturated carbocycles. The smallest absolute Gasteiger partial charge is 0.401 e. The Labute approximate surface area is 146 Å². The highest BCUT2D eigenvalue weighted by atomic mass is 19.4. The van der Waals surface area contributed by atoms with Crippen molar-refractivity contribution in [1.29, 1.82) is 0 Å². The molecule has 0 bridgehead atoms. The Morgan fingerprint density at radius 1 is 1.12 bits per heavy atom. The average Bonchev–Trinajstić information content (AvgIpc) is 2.56. The van der Waals surface area contributed by atoms with Crippen LogP contribution in [-0.4, -0.2) is 71.0 Å². The third-order valence-corrected chi connectivity index (χ3v) is 3.18. The average molecular weight is 362 g/mol. The molecule has 1 rings (SSSR count). The molecule has 0 spiro atoms. The van der Waals surface area contributed by atoms with E-state index in [1.54, 1.807) is 26.3 Å². The molecule has 6 nitrogen and oxygen atoms in total. The molecule has 0 heterocycles. The summed E-state index contributed by atoms with van der Waals surface area (Å²) in [5, 5.41) is 5.99. The first-order valence-electron chi connectivity index (χ1n) is 7.80. The third kappa shape index (κ3) is 9.65. The van der Waals surface area contributed by atoms with Crippen molar-refractivity contribution in [3.63, 3.8) is 0 Å². The molecule has 9 heteroatoms. The van der Waals surface area contributed by atoms with E-state index >= 15 is 0 Å². The number of guanidine groups is 1. The number of rotatable bonds is 9. The van der Waals surface area contributed by atoms with Gasteiger partial charge in [0, 0.05) is 20.1 Å². The molecule has 0 unspecified atom stereocenters. The van der Waals surface area contributed by atoms with Crippen LogP contribution >= 0.6 is 0 Å². The number of hydrogen-bond donors (Lipinski definition) is 2. The van der Waals surface area contributed by atoms with E-state index in [-0.39, 0.29) is 6.54 Å². The van der Waals surface area contributed by atoms with Gasteiger partial charge in [0.2, 0.25) is 0 Å². The summed E-state index contributed by atoms with van der Waals surface area (Å²) in [6.07, 6.45) is -4.19. The van der Waals surface area contributed by atoms with Gasteiger partial charge in [-0.15, -0.1) is 0 Å². The second-order valence-electron chi connectivity index (χ2n) is 5.30. The molecule has 0 atom stereocenters. The normalized spacial score (nSPS) is 12.2. The van der Waals surface area contributed by atoms with Crippen molar-refractivity contribution in [3.05, 3.63) is 24.3 Å². The van der Waals surface area contributed by atoms with E-state index in [1.807, 2.05) is 12.1 Å². The van der Waals surface area contributed by atoms with Crippen molar-refractivity contribution in [2.24, 2.45) is 4.99 Å². The van der Waals surface area contributed by atoms with E-state index < -0.39 is 12.7 Å². The maximum Gasteiger partial charge on any atom is 0.401 e. The van der Waals surface area contributed by atoms with E-state index in [2.05, 4.69) is 15.6 Å². The number of likely N-dealkylation sites (N-methyl/N-ethyl adjacent to an activating group) is 1. The van der Waals surface area contributed by atoms with Crippen molar-refractivity contribution in [1.82, 2.24) is 15.5 Å². The molecule has 0 saturated heterocycles. The van der Waals surface area contributed by atoms with Crippen LogP contribution in [0.4, 0.5) is 13.2 Å². The number of benzene rings is 1. The topological polar surface area (TPSA) is 58.1 Å². The maximum absolute atomic E-state index is 12.2. The zero-order valence-corrected chi connectivity index (χ0v) is 14.7. The second-order valence-corrected chi connectivity index (χ2v) is 5.30. The first-order valence-corrected chi connectivity index (χ1v) is 7.80. The quantitative estimate of drug-likeness (QED) is 0.398. The molecule has 0 amide bonds. The third-order valence-electron chi connectivity index (χ3n) is 3.18. The van der Waals surface area contributed by atoms with Crippen molar-refractivity contribution in [2.75, 3.05) is 54.0 Å². The molecule has 0 aliphatic carbocycles. The Kier molecular flexibility index (Phi) is 8.90. The van der Waals surface area contributed by atoms with Crippen LogP contribution in [0.5, 0.6) is 11.5 Å². The molecule has 25 heavy (non-hydrogen) atoms. The SMILES string of the molecule is CN=C(NCCOc1ccc(OC)cc1)NCCN(C)CC(F)(F)F. The molecule has 0 aliphatic heterocycles. The van der Waals surface area contributed by atoms with Crippen LogP contribution in [0.2, 0.25) is 0 Å². The largest absolute Gasteiger partial charge is 0.497 e. The van der Waals surface area contributed by atoms with Crippen molar-refractivity contribution in [2.45, 2.75) is 6.18 Å². The van der Waals surface area contributed by atoms with Crippen molar-refractivity contribution in [3.8, 4) is 11.5 Å². The molecule has 0 radical (unpaired) electrons. The molecule has 0 aliphatic rings. The van der Waals surface area contributed by atoms with Gasteiger partial charge in [0.1, 0.15) is 18.1 Å². The molecular formula is C16H25F3N4O2. The van der Waals surface area contributed by atoms with Crippen LogP contribution in [-0.2, 0) is 0 Å². The van der Waals surface area contributed by atoms with Crippen LogP contribution in [0, 0.1) is 0 Å². The predicted octanol–water partition coefficient (Wildman–Crippen LogP) is 1.73. The fraction of sp³-hybridized carbons (Fsp3) is 0.562. The lowest BCUT2D eigenvalue weighted by atomic mass is 10.3. The number of nitrogens with one attached hydrogen (secondary N) is 2. The van der Waals surface area contributed by atoms with E-state index in [9.17, 15) is 13.2 Å². The van der Waals surface area contributed by atoms with Gasteiger partial charge < -0.3 is 20.1 Å². The predicted molar refractivity (Wildman–Crippen MR) is 91.4 cm³/mol. The number of nitrogens with zero attached hydrogens (tertiary/aromatic N) is 2. The molecular weight excluding hydrogens is 337 g/mol. The second kappa shape index (κ2) is 10.7. The summed E-state index contributed by atoms with van der Waals surface area (Å²) in [5.74, 6) is 1.99. The molecule has 0 aromatic heterocycles. The van der Waals surface area contributed by atoms with Gasteiger partial charge in [0.15, 0.2) is 5.96 Å². The molecule has 142 valence electrons. The van der Waals surface area contributed by atoms with Gasteiger partial charge in [-0.1, -0.05) is 0 Å². The monoisotopic (exact) mass is 362 g/mol. The van der Waals surface area contributed by atoms with Gasteiger partial charge in [0.05, 0.1) is 20.2 Å². The summed E-state index contributed by atoms with van der Waals surface area (Å²) in [6, 6.07) is 7.23. The summed E-state index contributed by atoms with van der Waals surface area (Å²) in [5.41, 5.74) is 0. The first-order chi connectivity index (χ1) is 11.8. The number of alkyl halides is 3. The van der Waals surface area contributed by atoms with Crippen molar-refractivity contribution < 1.29 is 22.6 Å². The van der Waals surface area contributed by atoms with Gasteiger partial charge in [-0.3, -0.25) is 9.89 Å². The summed E-state index contributed by atoms with van der Waals surface area (Å²) in [6.45, 7) is 0.593. The summed E-state index contributed by atoms with van der Waals surface area (Å²) in [4.78, 5) is 5.21. The Morgan fingerprint density at radius 2 is 1.72 bits per heavy atom. The van der Waals surface area contributed by atoms with E-state index in [1.165, 1.54) is 11.9 Å². The summed E-state index contributed by atoms with van der Waals surface area (Å²) < 4.78 is 47.3. The number of halogens is 3. The highest BCUT2D eigenvalue weighted by molar-refractivity contribution is 5.79. The zero-order chi connectivity index (χ0) is 18.7. The number of methoxy groups -OCH3 is 1. The van der Waals surface area contributed by atoms with Crippen LogP contribution in [0.3, 0.4) is 0 Å². The highest BCUT2D eigenvalue weighted by Crippen LogP contribution is 2.16. The first kappa shape index (κ1) is 20.9.